The molecule has 0 radical (unpaired) electrons. The van der Waals surface area contributed by atoms with Gasteiger partial charge >= 0.3 is 11.7 Å². The van der Waals surface area contributed by atoms with Crippen molar-refractivity contribution >= 4 is 93.5 Å². The Bertz CT molecular complexity index is 5260. The van der Waals surface area contributed by atoms with Gasteiger partial charge in [-0.1, -0.05) is 49.9 Å². The van der Waals surface area contributed by atoms with Gasteiger partial charge in [0.1, 0.15) is 112 Å². The minimum Gasteiger partial charge on any atom is -0.477 e. The molecule has 4 aliphatic heterocycles. The fourth-order valence-corrected chi connectivity index (χ4v) is 16.2. The van der Waals surface area contributed by atoms with E-state index in [2.05, 4.69) is 36.9 Å². The van der Waals surface area contributed by atoms with Gasteiger partial charge in [0.05, 0.1) is 48.7 Å². The van der Waals surface area contributed by atoms with Crippen molar-refractivity contribution in [2.75, 3.05) is 55.5 Å². The lowest BCUT2D eigenvalue weighted by Crippen LogP contribution is -2.71. The van der Waals surface area contributed by atoms with Gasteiger partial charge < -0.3 is 136 Å². The van der Waals surface area contributed by atoms with Crippen molar-refractivity contribution in [2.45, 2.75) is 208 Å². The van der Waals surface area contributed by atoms with E-state index in [-0.39, 0.29) is 55.4 Å². The first kappa shape index (κ1) is 94.1. The number of hydrogen-bond donors (Lipinski definition) is 23. The third-order valence-electron chi connectivity index (χ3n) is 20.3. The van der Waals surface area contributed by atoms with Gasteiger partial charge in [-0.05, 0) is 79.4 Å². The van der Waals surface area contributed by atoms with Gasteiger partial charge in [0, 0.05) is 67.6 Å². The number of benzene rings is 4. The van der Waals surface area contributed by atoms with Gasteiger partial charge in [0.25, 0.3) is 64.4 Å². The van der Waals surface area contributed by atoms with E-state index in [9.17, 15) is 143 Å². The predicted molar refractivity (Wildman–Crippen MR) is 410 cm³/mol. The Balaban J connectivity index is 0.731. The molecule has 10 rings (SSSR count). The Hall–Kier alpha value is -9.18. The van der Waals surface area contributed by atoms with Crippen LogP contribution in [0.15, 0.2) is 113 Å². The molecule has 0 saturated carbocycles. The molecule has 23 N–H and O–H groups in total. The van der Waals surface area contributed by atoms with Crippen molar-refractivity contribution in [1.82, 2.24) is 25.9 Å². The first-order valence-corrected chi connectivity index (χ1v) is 41.6. The number of carboxylic acids is 1. The molecule has 2 unspecified atom stereocenters. The highest BCUT2D eigenvalue weighted by Crippen LogP contribution is 2.42. The second-order valence-corrected chi connectivity index (χ2v) is 33.0. The van der Waals surface area contributed by atoms with Crippen LogP contribution < -0.4 is 54.0 Å². The number of H-pyrrole nitrogens is 2. The van der Waals surface area contributed by atoms with Crippen molar-refractivity contribution in [3.8, 4) is 11.1 Å². The lowest BCUT2D eigenvalue weighted by molar-refractivity contribution is -0.391. The number of ether oxygens (including phenoxy) is 8. The number of fused-ring (bicyclic) bond motifs is 1. The van der Waals surface area contributed by atoms with E-state index >= 15 is 0 Å². The number of aliphatic hydroxyl groups excluding tert-OH is 11. The number of rotatable bonds is 37. The van der Waals surface area contributed by atoms with Gasteiger partial charge in [0.2, 0.25) is 11.8 Å². The van der Waals surface area contributed by atoms with E-state index < -0.39 is 268 Å². The molecule has 664 valence electrons. The molecule has 21 atom stereocenters. The van der Waals surface area contributed by atoms with Gasteiger partial charge in [-0.2, -0.15) is 25.3 Å². The van der Waals surface area contributed by atoms with Crippen molar-refractivity contribution in [2.24, 2.45) is 0 Å². The zero-order valence-corrected chi connectivity index (χ0v) is 66.2. The topological polar surface area (TPSA) is 737 Å². The van der Waals surface area contributed by atoms with E-state index in [1.807, 2.05) is 4.98 Å². The summed E-state index contributed by atoms with van der Waals surface area (Å²) in [4.78, 5) is 117. The summed E-state index contributed by atoms with van der Waals surface area (Å²) in [6, 6.07) is 11.8. The zero-order valence-electron chi connectivity index (χ0n) is 63.8. The number of aliphatic carboxylic acids is 1. The monoisotopic (exact) mass is 1770 g/mol. The summed E-state index contributed by atoms with van der Waals surface area (Å²) in [5.74, 6) is -8.70. The standard InChI is InChI=1S/C72H90N8O38S3/c1-30-53(89)58(94)59(95)68(112-30)116-63-52(80-66(98)39-25-47(88)79-71(101)78-39)67(114-43(29-83)61(63)115-69-60(96)64(55(91)42(28-82)113-69)118-72(70(99)100)26-40(85)49(75-31(2)84)62(117-72)54(90)41(86)27-81)111-22-8-6-4-3-5-7-9-46(87)73-20-21-74-50-51(57(93)56(50)92)76-35-16-14-33(15-17-35)32-10-12-34(13-11-32)65(97)77-38-18-19-44(120(105,106)107)37-23-36(119(102,103)104)24-45(48(37)38)121(108,109)110/h10-19,23-25,30,40-43,49,52-55,58-64,67-69,74,76,81-83,85-86,89-91,94-96H,3-9,20-22,26-29H2,1-2H3,(H,73,87)(H,75,84)(H,77,97)(H,80,98)(H,99,100)(H,102,103,104)(H,105,106,107)(H,108,109,110)(H2,78,79,88,101)/t30-,40-,41?,42+,43+,49+,52+,53+,54?,55-,58+,59-,60+,61+,62+,63+,64-,67+,68-,69-,72-/m0/s1. The molecule has 0 aliphatic carbocycles. The van der Waals surface area contributed by atoms with Crippen molar-refractivity contribution < 1.29 is 162 Å². The van der Waals surface area contributed by atoms with Crippen LogP contribution >= 0.6 is 0 Å². The van der Waals surface area contributed by atoms with E-state index in [4.69, 9.17) is 37.9 Å². The summed E-state index contributed by atoms with van der Waals surface area (Å²) in [7, 11) is -15.8. The SMILES string of the molecule is CC(=O)N[C@@H]1[C@@H](O)C[C@](O[C@H]2[C@@H](O)[C@@H](CO)O[C@@H](O[C@H]3[C@H](O[C@@H]4O[C@@H](C)[C@@H](O)[C@@H](O)[C@@H]4O)[C@@H](NC(=O)c4cc(=O)[nH]c(=O)[nH]4)[C@H](OCCCCCCCCC(=O)NCCNc4c(Nc5ccc(-c6ccc(C(=O)Nc7ccc(S(=O)(=O)O)c8cc(S(=O)(=O)O)cc(S(=O)(=O)O)c78)cc6)cc5)c(=O)c4=O)O[C@@H]3CO)[C@@H]2O)(C(=O)O)O[C@H]1C(O)C(O)CO. The highest BCUT2D eigenvalue weighted by Gasteiger charge is 2.61. The third-order valence-corrected chi connectivity index (χ3v) is 23.0. The maximum Gasteiger partial charge on any atom is 0.364 e. The number of aliphatic hydroxyl groups is 11. The Morgan fingerprint density at radius 3 is 1.84 bits per heavy atom. The second kappa shape index (κ2) is 39.6. The minimum absolute atomic E-state index is 0.0300. The molecule has 46 nitrogen and oxygen atoms in total. The molecule has 1 aromatic heterocycles. The Kier molecular flexibility index (Phi) is 30.8. The lowest BCUT2D eigenvalue weighted by Gasteiger charge is -2.51. The molecule has 49 heteroatoms. The average molecular weight is 1770 g/mol. The largest absolute Gasteiger partial charge is 0.477 e. The number of carbonyl (C=O) groups is 5. The summed E-state index contributed by atoms with van der Waals surface area (Å²) >= 11 is 0. The maximum absolute atomic E-state index is 14.2. The highest BCUT2D eigenvalue weighted by molar-refractivity contribution is 7.87. The number of amides is 4. The third kappa shape index (κ3) is 22.1. The number of aromatic amines is 2. The first-order valence-electron chi connectivity index (χ1n) is 37.3. The molecular weight excluding hydrogens is 1680 g/mol. The number of hydrogen-bond acceptors (Lipinski definition) is 36. The number of unbranched alkanes of at least 4 members (excludes halogenated alkanes) is 5. The van der Waals surface area contributed by atoms with Gasteiger partial charge in [-0.25, -0.2) is 9.59 Å². The van der Waals surface area contributed by atoms with E-state index in [1.165, 1.54) is 31.2 Å². The first-order chi connectivity index (χ1) is 57.0. The van der Waals surface area contributed by atoms with Gasteiger partial charge in [-0.3, -0.25) is 52.2 Å². The molecule has 0 spiro atoms. The average Bonchev–Trinajstić information content (AvgIpc) is 0.741. The summed E-state index contributed by atoms with van der Waals surface area (Å²) in [6.45, 7) is -1.32. The summed E-state index contributed by atoms with van der Waals surface area (Å²) in [5.41, 5.74) is -3.58. The molecular formula is C72H90N8O38S3. The van der Waals surface area contributed by atoms with Crippen LogP contribution in [-0.2, 0) is 82.6 Å². The molecule has 0 bridgehead atoms. The lowest BCUT2D eigenvalue weighted by atomic mass is 9.88. The molecule has 4 saturated heterocycles. The molecule has 4 aliphatic rings. The predicted octanol–water partition coefficient (Wildman–Crippen LogP) is -5.42. The maximum atomic E-state index is 14.2. The van der Waals surface area contributed by atoms with Crippen LogP contribution in [-0.4, -0.2) is 308 Å². The van der Waals surface area contributed by atoms with Gasteiger partial charge in [0.15, 0.2) is 18.9 Å². The van der Waals surface area contributed by atoms with E-state index in [1.54, 1.807) is 24.3 Å². The zero-order chi connectivity index (χ0) is 88.7. The van der Waals surface area contributed by atoms with Crippen LogP contribution in [0.1, 0.15) is 86.1 Å². The van der Waals surface area contributed by atoms with Crippen molar-refractivity contribution in [1.29, 1.82) is 0 Å². The van der Waals surface area contributed by atoms with Crippen molar-refractivity contribution in [3.63, 3.8) is 0 Å². The van der Waals surface area contributed by atoms with Crippen LogP contribution in [0.2, 0.25) is 0 Å². The number of carboxylic acid groups (broad SMARTS) is 1. The Morgan fingerprint density at radius 1 is 0.620 bits per heavy atom. The smallest absolute Gasteiger partial charge is 0.364 e. The second-order valence-electron chi connectivity index (χ2n) is 28.8. The molecule has 4 amide bonds. The Morgan fingerprint density at radius 2 is 1.23 bits per heavy atom. The summed E-state index contributed by atoms with van der Waals surface area (Å²) < 4.78 is 151. The number of anilines is 4. The van der Waals surface area contributed by atoms with E-state index in [0.717, 1.165) is 19.1 Å². The number of nitrogens with one attached hydrogen (secondary N) is 8. The Labute approximate surface area is 684 Å². The van der Waals surface area contributed by atoms with Crippen LogP contribution in [0.5, 0.6) is 0 Å². The molecule has 5 heterocycles. The fraction of sp³-hybridized carbons (Fsp3) is 0.514. The van der Waals surface area contributed by atoms with Crippen molar-refractivity contribution in [3.05, 3.63) is 131 Å². The van der Waals surface area contributed by atoms with Gasteiger partial charge in [-0.15, -0.1) is 0 Å². The minimum atomic E-state index is -5.41. The number of carbonyl (C=O) groups excluding carboxylic acids is 4. The number of aromatic nitrogens is 2. The van der Waals surface area contributed by atoms with Crippen LogP contribution in [0.4, 0.5) is 22.7 Å². The van der Waals surface area contributed by atoms with E-state index in [0.29, 0.717) is 67.1 Å². The molecule has 121 heavy (non-hydrogen) atoms. The highest BCUT2D eigenvalue weighted by atomic mass is 32.2. The van der Waals surface area contributed by atoms with Crippen LogP contribution in [0.3, 0.4) is 0 Å². The molecule has 4 fully saturated rings. The summed E-state index contributed by atoms with van der Waals surface area (Å²) in [6.07, 6.45) is -34.9. The quantitative estimate of drug-likeness (QED) is 0.00983. The molecule has 5 aromatic carbocycles. The normalized spacial score (nSPS) is 27.7. The van der Waals surface area contributed by atoms with Crippen LogP contribution in [0, 0.1) is 0 Å². The van der Waals surface area contributed by atoms with Crippen LogP contribution in [0.25, 0.3) is 21.9 Å². The fourth-order valence-electron chi connectivity index (χ4n) is 14.1. The molecule has 6 aromatic rings. The summed E-state index contributed by atoms with van der Waals surface area (Å²) in [5, 5.41) is 146.